The third-order valence-electron chi connectivity index (χ3n) is 5.46. The van der Waals surface area contributed by atoms with Crippen LogP contribution < -0.4 is 0 Å². The fourth-order valence-corrected chi connectivity index (χ4v) is 4.06. The summed E-state index contributed by atoms with van der Waals surface area (Å²) in [5.74, 6) is -1.23. The maximum atomic E-state index is 14.6. The third-order valence-corrected chi connectivity index (χ3v) is 5.46. The van der Waals surface area contributed by atoms with E-state index in [9.17, 15) is 13.2 Å². The van der Waals surface area contributed by atoms with E-state index in [1.165, 1.54) is 37.1 Å². The van der Waals surface area contributed by atoms with E-state index in [2.05, 4.69) is 6.92 Å². The Morgan fingerprint density at radius 2 is 1.62 bits per heavy atom. The molecule has 0 aromatic heterocycles. The molecule has 2 aromatic carbocycles. The van der Waals surface area contributed by atoms with Gasteiger partial charge in [0.05, 0.1) is 11.1 Å². The highest BCUT2D eigenvalue weighted by molar-refractivity contribution is 5.66. The molecule has 0 atom stereocenters. The van der Waals surface area contributed by atoms with Crippen molar-refractivity contribution in [3.63, 3.8) is 0 Å². The summed E-state index contributed by atoms with van der Waals surface area (Å²) in [6.07, 6.45) is 6.50. The molecular formula is C22H22F3N. The van der Waals surface area contributed by atoms with Gasteiger partial charge in [-0.1, -0.05) is 25.8 Å². The van der Waals surface area contributed by atoms with Crippen LogP contribution in [0.15, 0.2) is 30.3 Å². The van der Waals surface area contributed by atoms with E-state index in [0.29, 0.717) is 5.56 Å². The van der Waals surface area contributed by atoms with Gasteiger partial charge in [-0.2, -0.15) is 5.26 Å². The summed E-state index contributed by atoms with van der Waals surface area (Å²) in [5.41, 5.74) is 0.411. The van der Waals surface area contributed by atoms with E-state index < -0.39 is 17.5 Å². The van der Waals surface area contributed by atoms with Crippen LogP contribution in [0.5, 0.6) is 0 Å². The van der Waals surface area contributed by atoms with E-state index in [4.69, 9.17) is 5.26 Å². The summed E-state index contributed by atoms with van der Waals surface area (Å²) in [6, 6.07) is 8.11. The van der Waals surface area contributed by atoms with Crippen LogP contribution in [0, 0.1) is 34.7 Å². The van der Waals surface area contributed by atoms with Gasteiger partial charge in [0.1, 0.15) is 23.5 Å². The molecule has 1 nitrogen and oxygen atoms in total. The Bertz CT molecular complexity index is 807. The largest absolute Gasteiger partial charge is 0.206 e. The Hall–Kier alpha value is -2.28. The molecule has 1 fully saturated rings. The lowest BCUT2D eigenvalue weighted by atomic mass is 9.77. The fraction of sp³-hybridized carbons (Fsp3) is 0.409. The first-order chi connectivity index (χ1) is 12.5. The van der Waals surface area contributed by atoms with Crippen molar-refractivity contribution in [2.24, 2.45) is 5.92 Å². The molecule has 0 bridgehead atoms. The first-order valence-corrected chi connectivity index (χ1v) is 9.22. The molecular weight excluding hydrogens is 335 g/mol. The Balaban J connectivity index is 1.85. The van der Waals surface area contributed by atoms with Gasteiger partial charge in [0.15, 0.2) is 0 Å². The molecule has 0 radical (unpaired) electrons. The van der Waals surface area contributed by atoms with Gasteiger partial charge in [-0.25, -0.2) is 13.2 Å². The van der Waals surface area contributed by atoms with Crippen LogP contribution in [0.3, 0.4) is 0 Å². The van der Waals surface area contributed by atoms with Gasteiger partial charge in [0.2, 0.25) is 0 Å². The van der Waals surface area contributed by atoms with Crippen LogP contribution in [-0.2, 0) is 0 Å². The molecule has 1 aliphatic rings. The predicted octanol–water partition coefficient (Wildman–Crippen LogP) is 6.72. The van der Waals surface area contributed by atoms with Crippen molar-refractivity contribution >= 4 is 0 Å². The summed E-state index contributed by atoms with van der Waals surface area (Å²) in [5, 5.41) is 8.78. The van der Waals surface area contributed by atoms with E-state index in [0.717, 1.165) is 37.7 Å². The van der Waals surface area contributed by atoms with Gasteiger partial charge in [0.25, 0.3) is 0 Å². The minimum absolute atomic E-state index is 0.106. The Morgan fingerprint density at radius 1 is 0.962 bits per heavy atom. The highest BCUT2D eigenvalue weighted by Crippen LogP contribution is 2.39. The van der Waals surface area contributed by atoms with Crippen molar-refractivity contribution in [3.05, 3.63) is 58.9 Å². The Kier molecular flexibility index (Phi) is 5.66. The standard InChI is InChI=1S/C22H22F3N/c1-2-3-14-4-6-15(7-5-14)18-11-20(24)22(21(25)12-18)16-8-9-17(13-26)19(23)10-16/h8-12,14-15H,2-7H2,1H3. The van der Waals surface area contributed by atoms with Crippen molar-refractivity contribution in [1.29, 1.82) is 5.26 Å². The lowest BCUT2D eigenvalue weighted by molar-refractivity contribution is 0.307. The lowest BCUT2D eigenvalue weighted by Crippen LogP contribution is -2.13. The van der Waals surface area contributed by atoms with Crippen LogP contribution >= 0.6 is 0 Å². The van der Waals surface area contributed by atoms with Crippen LogP contribution in [0.2, 0.25) is 0 Å². The van der Waals surface area contributed by atoms with Crippen LogP contribution in [0.25, 0.3) is 11.1 Å². The normalized spacial score (nSPS) is 20.0. The average molecular weight is 357 g/mol. The van der Waals surface area contributed by atoms with Crippen LogP contribution in [0.1, 0.15) is 62.5 Å². The van der Waals surface area contributed by atoms with E-state index >= 15 is 0 Å². The van der Waals surface area contributed by atoms with Gasteiger partial charge >= 0.3 is 0 Å². The first-order valence-electron chi connectivity index (χ1n) is 9.22. The Morgan fingerprint density at radius 3 is 2.15 bits per heavy atom. The third kappa shape index (κ3) is 3.77. The highest BCUT2D eigenvalue weighted by Gasteiger charge is 2.24. The summed E-state index contributed by atoms with van der Waals surface area (Å²) in [7, 11) is 0. The number of benzene rings is 2. The molecule has 136 valence electrons. The minimum Gasteiger partial charge on any atom is -0.206 e. The monoisotopic (exact) mass is 357 g/mol. The van der Waals surface area contributed by atoms with Crippen molar-refractivity contribution in [2.45, 2.75) is 51.4 Å². The highest BCUT2D eigenvalue weighted by atomic mass is 19.1. The van der Waals surface area contributed by atoms with Gasteiger partial charge in [0, 0.05) is 0 Å². The molecule has 26 heavy (non-hydrogen) atoms. The van der Waals surface area contributed by atoms with Crippen molar-refractivity contribution in [2.75, 3.05) is 0 Å². The SMILES string of the molecule is CCCC1CCC(c2cc(F)c(-c3ccc(C#N)c(F)c3)c(F)c2)CC1. The molecule has 4 heteroatoms. The van der Waals surface area contributed by atoms with E-state index in [1.807, 2.05) is 0 Å². The number of hydrogen-bond donors (Lipinski definition) is 0. The smallest absolute Gasteiger partial charge is 0.141 e. The number of nitrogens with zero attached hydrogens (tertiary/aromatic N) is 1. The summed E-state index contributed by atoms with van der Waals surface area (Å²) < 4.78 is 43.1. The molecule has 2 aromatic rings. The molecule has 0 saturated heterocycles. The van der Waals surface area contributed by atoms with Crippen LogP contribution in [-0.4, -0.2) is 0 Å². The number of nitriles is 1. The van der Waals surface area contributed by atoms with Gasteiger partial charge in [-0.05, 0) is 72.9 Å². The first kappa shape index (κ1) is 18.5. The Labute approximate surface area is 152 Å². The maximum Gasteiger partial charge on any atom is 0.141 e. The molecule has 0 amide bonds. The molecule has 3 rings (SSSR count). The lowest BCUT2D eigenvalue weighted by Gasteiger charge is -2.29. The summed E-state index contributed by atoms with van der Waals surface area (Å²) in [6.45, 7) is 2.18. The number of rotatable bonds is 4. The summed E-state index contributed by atoms with van der Waals surface area (Å²) in [4.78, 5) is 0. The quantitative estimate of drug-likeness (QED) is 0.596. The molecule has 0 unspecified atom stereocenters. The van der Waals surface area contributed by atoms with Crippen molar-refractivity contribution in [3.8, 4) is 17.2 Å². The topological polar surface area (TPSA) is 23.8 Å². The second-order valence-electron chi connectivity index (χ2n) is 7.17. The van der Waals surface area contributed by atoms with E-state index in [-0.39, 0.29) is 22.6 Å². The minimum atomic E-state index is -0.776. The van der Waals surface area contributed by atoms with Gasteiger partial charge < -0.3 is 0 Å². The number of hydrogen-bond acceptors (Lipinski definition) is 1. The number of halogens is 3. The maximum absolute atomic E-state index is 14.6. The molecule has 1 aliphatic carbocycles. The molecule has 0 aliphatic heterocycles. The van der Waals surface area contributed by atoms with Gasteiger partial charge in [-0.15, -0.1) is 0 Å². The second-order valence-corrected chi connectivity index (χ2v) is 7.17. The van der Waals surface area contributed by atoms with Crippen molar-refractivity contribution < 1.29 is 13.2 Å². The zero-order valence-corrected chi connectivity index (χ0v) is 14.9. The molecule has 0 N–H and O–H groups in total. The predicted molar refractivity (Wildman–Crippen MR) is 96.1 cm³/mol. The molecule has 0 spiro atoms. The zero-order chi connectivity index (χ0) is 18.7. The molecule has 0 heterocycles. The van der Waals surface area contributed by atoms with E-state index in [1.54, 1.807) is 6.07 Å². The zero-order valence-electron chi connectivity index (χ0n) is 14.9. The van der Waals surface area contributed by atoms with Crippen molar-refractivity contribution in [1.82, 2.24) is 0 Å². The van der Waals surface area contributed by atoms with Crippen LogP contribution in [0.4, 0.5) is 13.2 Å². The fourth-order valence-electron chi connectivity index (χ4n) is 4.06. The van der Waals surface area contributed by atoms with Gasteiger partial charge in [-0.3, -0.25) is 0 Å². The molecule has 1 saturated carbocycles. The average Bonchev–Trinajstić information content (AvgIpc) is 2.62. The summed E-state index contributed by atoms with van der Waals surface area (Å²) >= 11 is 0. The second kappa shape index (κ2) is 7.95.